The van der Waals surface area contributed by atoms with Crippen molar-refractivity contribution < 1.29 is 0 Å². The lowest BCUT2D eigenvalue weighted by Crippen LogP contribution is -2.27. The van der Waals surface area contributed by atoms with Crippen LogP contribution < -0.4 is 10.2 Å². The molecule has 2 aliphatic rings. The fraction of sp³-hybridized carbons (Fsp3) is 0.714. The van der Waals surface area contributed by atoms with Crippen molar-refractivity contribution in [2.24, 2.45) is 0 Å². The molecule has 1 aliphatic heterocycles. The van der Waals surface area contributed by atoms with E-state index in [1.165, 1.54) is 25.7 Å². The fourth-order valence-corrected chi connectivity index (χ4v) is 2.67. The first-order valence-electron chi connectivity index (χ1n) is 7.17. The summed E-state index contributed by atoms with van der Waals surface area (Å²) >= 11 is 0. The van der Waals surface area contributed by atoms with Gasteiger partial charge in [-0.3, -0.25) is 0 Å². The number of nitrogens with zero attached hydrogens (tertiary/aromatic N) is 3. The number of hydrogen-bond acceptors (Lipinski definition) is 4. The standard InChI is InChI=1S/C14H22N4/c1-3-15-12-9-13(18-8-4-5-10(18)2)17-14(16-12)11-6-7-11/h9-11H,3-8H2,1-2H3,(H,15,16,17). The van der Waals surface area contributed by atoms with Gasteiger partial charge in [0.1, 0.15) is 17.5 Å². The zero-order chi connectivity index (χ0) is 12.5. The van der Waals surface area contributed by atoms with Gasteiger partial charge in [-0.2, -0.15) is 0 Å². The summed E-state index contributed by atoms with van der Waals surface area (Å²) < 4.78 is 0. The minimum atomic E-state index is 0.611. The molecule has 18 heavy (non-hydrogen) atoms. The van der Waals surface area contributed by atoms with Gasteiger partial charge in [0.15, 0.2) is 0 Å². The molecule has 2 heterocycles. The lowest BCUT2D eigenvalue weighted by molar-refractivity contribution is 0.722. The average Bonchev–Trinajstić information content (AvgIpc) is 3.12. The summed E-state index contributed by atoms with van der Waals surface area (Å²) in [5, 5.41) is 3.33. The molecule has 0 aromatic carbocycles. The molecular weight excluding hydrogens is 224 g/mol. The molecule has 3 rings (SSSR count). The van der Waals surface area contributed by atoms with Crippen LogP contribution >= 0.6 is 0 Å². The van der Waals surface area contributed by atoms with Crippen LogP contribution in [-0.4, -0.2) is 29.1 Å². The summed E-state index contributed by atoms with van der Waals surface area (Å²) in [4.78, 5) is 11.8. The molecule has 2 fully saturated rings. The van der Waals surface area contributed by atoms with Gasteiger partial charge in [-0.05, 0) is 39.5 Å². The summed E-state index contributed by atoms with van der Waals surface area (Å²) in [6.07, 6.45) is 5.06. The highest BCUT2D eigenvalue weighted by Gasteiger charge is 2.29. The molecule has 4 heteroatoms. The lowest BCUT2D eigenvalue weighted by Gasteiger charge is -2.23. The highest BCUT2D eigenvalue weighted by molar-refractivity contribution is 5.51. The second kappa shape index (κ2) is 4.75. The summed E-state index contributed by atoms with van der Waals surface area (Å²) in [5.41, 5.74) is 0. The monoisotopic (exact) mass is 246 g/mol. The van der Waals surface area contributed by atoms with E-state index in [9.17, 15) is 0 Å². The Labute approximate surface area is 109 Å². The maximum absolute atomic E-state index is 4.78. The molecule has 1 saturated heterocycles. The van der Waals surface area contributed by atoms with Gasteiger partial charge in [-0.1, -0.05) is 0 Å². The SMILES string of the molecule is CCNc1cc(N2CCCC2C)nc(C2CC2)n1. The van der Waals surface area contributed by atoms with E-state index in [-0.39, 0.29) is 0 Å². The Morgan fingerprint density at radius 3 is 2.78 bits per heavy atom. The minimum absolute atomic E-state index is 0.611. The van der Waals surface area contributed by atoms with Gasteiger partial charge in [0.05, 0.1) is 0 Å². The fourth-order valence-electron chi connectivity index (χ4n) is 2.67. The zero-order valence-corrected chi connectivity index (χ0v) is 11.3. The normalized spacial score (nSPS) is 23.4. The minimum Gasteiger partial charge on any atom is -0.370 e. The predicted molar refractivity (Wildman–Crippen MR) is 74.2 cm³/mol. The molecule has 98 valence electrons. The number of rotatable bonds is 4. The molecule has 0 amide bonds. The summed E-state index contributed by atoms with van der Waals surface area (Å²) in [6.45, 7) is 6.44. The quantitative estimate of drug-likeness (QED) is 0.887. The molecule has 1 aromatic heterocycles. The van der Waals surface area contributed by atoms with Gasteiger partial charge in [0, 0.05) is 31.1 Å². The topological polar surface area (TPSA) is 41.0 Å². The molecule has 4 nitrogen and oxygen atoms in total. The third-order valence-electron chi connectivity index (χ3n) is 3.88. The first-order chi connectivity index (χ1) is 8.78. The molecule has 1 unspecified atom stereocenters. The largest absolute Gasteiger partial charge is 0.370 e. The molecule has 1 atom stereocenters. The lowest BCUT2D eigenvalue weighted by atomic mass is 10.2. The number of anilines is 2. The Morgan fingerprint density at radius 1 is 1.33 bits per heavy atom. The van der Waals surface area contributed by atoms with Crippen LogP contribution in [0.3, 0.4) is 0 Å². The third-order valence-corrected chi connectivity index (χ3v) is 3.88. The van der Waals surface area contributed by atoms with Crippen LogP contribution in [0, 0.1) is 0 Å². The maximum Gasteiger partial charge on any atom is 0.136 e. The molecule has 0 bridgehead atoms. The second-order valence-corrected chi connectivity index (χ2v) is 5.46. The van der Waals surface area contributed by atoms with E-state index in [1.54, 1.807) is 0 Å². The van der Waals surface area contributed by atoms with Crippen LogP contribution in [0.15, 0.2) is 6.07 Å². The van der Waals surface area contributed by atoms with E-state index in [2.05, 4.69) is 35.1 Å². The number of hydrogen-bond donors (Lipinski definition) is 1. The van der Waals surface area contributed by atoms with Crippen molar-refractivity contribution in [3.05, 3.63) is 11.9 Å². The molecule has 0 spiro atoms. The van der Waals surface area contributed by atoms with E-state index in [4.69, 9.17) is 4.98 Å². The van der Waals surface area contributed by atoms with Crippen molar-refractivity contribution in [3.63, 3.8) is 0 Å². The molecule has 1 aliphatic carbocycles. The second-order valence-electron chi connectivity index (χ2n) is 5.46. The zero-order valence-electron chi connectivity index (χ0n) is 11.3. The van der Waals surface area contributed by atoms with Crippen LogP contribution in [-0.2, 0) is 0 Å². The summed E-state index contributed by atoms with van der Waals surface area (Å²) in [6, 6.07) is 2.72. The Hall–Kier alpha value is -1.32. The first-order valence-corrected chi connectivity index (χ1v) is 7.17. The molecule has 0 radical (unpaired) electrons. The molecule has 1 saturated carbocycles. The van der Waals surface area contributed by atoms with Gasteiger partial charge >= 0.3 is 0 Å². The van der Waals surface area contributed by atoms with Gasteiger partial charge in [0.25, 0.3) is 0 Å². The highest BCUT2D eigenvalue weighted by atomic mass is 15.2. The van der Waals surface area contributed by atoms with Crippen molar-refractivity contribution in [1.82, 2.24) is 9.97 Å². The van der Waals surface area contributed by atoms with Gasteiger partial charge in [0.2, 0.25) is 0 Å². The van der Waals surface area contributed by atoms with Crippen LogP contribution in [0.5, 0.6) is 0 Å². The van der Waals surface area contributed by atoms with E-state index >= 15 is 0 Å². The highest BCUT2D eigenvalue weighted by Crippen LogP contribution is 2.39. The number of aromatic nitrogens is 2. The van der Waals surface area contributed by atoms with E-state index in [0.717, 1.165) is 30.5 Å². The van der Waals surface area contributed by atoms with Crippen molar-refractivity contribution in [1.29, 1.82) is 0 Å². The third kappa shape index (κ3) is 2.28. The average molecular weight is 246 g/mol. The Morgan fingerprint density at radius 2 is 2.17 bits per heavy atom. The predicted octanol–water partition coefficient (Wildman–Crippen LogP) is 2.77. The molecule has 1 aromatic rings. The van der Waals surface area contributed by atoms with E-state index in [0.29, 0.717) is 12.0 Å². The van der Waals surface area contributed by atoms with Crippen molar-refractivity contribution in [3.8, 4) is 0 Å². The van der Waals surface area contributed by atoms with Gasteiger partial charge in [-0.15, -0.1) is 0 Å². The van der Waals surface area contributed by atoms with Gasteiger partial charge < -0.3 is 10.2 Å². The smallest absolute Gasteiger partial charge is 0.136 e. The van der Waals surface area contributed by atoms with Crippen molar-refractivity contribution in [2.45, 2.75) is 51.5 Å². The Kier molecular flexibility index (Phi) is 3.10. The molecule has 1 N–H and O–H groups in total. The van der Waals surface area contributed by atoms with Crippen LogP contribution in [0.4, 0.5) is 11.6 Å². The number of nitrogens with one attached hydrogen (secondary N) is 1. The van der Waals surface area contributed by atoms with Crippen LogP contribution in [0.25, 0.3) is 0 Å². The van der Waals surface area contributed by atoms with Crippen molar-refractivity contribution in [2.75, 3.05) is 23.3 Å². The summed E-state index contributed by atoms with van der Waals surface area (Å²) in [7, 11) is 0. The molecular formula is C14H22N4. The Balaban J connectivity index is 1.91. The maximum atomic E-state index is 4.78. The summed E-state index contributed by atoms with van der Waals surface area (Å²) in [5.74, 6) is 3.76. The van der Waals surface area contributed by atoms with E-state index in [1.807, 2.05) is 0 Å². The van der Waals surface area contributed by atoms with Gasteiger partial charge in [-0.25, -0.2) is 9.97 Å². The van der Waals surface area contributed by atoms with Crippen molar-refractivity contribution >= 4 is 11.6 Å². The first kappa shape index (κ1) is 11.8. The van der Waals surface area contributed by atoms with Crippen LogP contribution in [0.1, 0.15) is 51.3 Å². The van der Waals surface area contributed by atoms with Crippen LogP contribution in [0.2, 0.25) is 0 Å². The van der Waals surface area contributed by atoms with E-state index < -0.39 is 0 Å². The Bertz CT molecular complexity index is 428.